The third-order valence-corrected chi connectivity index (χ3v) is 3.64. The van der Waals surface area contributed by atoms with Crippen LogP contribution in [0.5, 0.6) is 0 Å². The van der Waals surface area contributed by atoms with E-state index in [0.717, 1.165) is 30.4 Å². The van der Waals surface area contributed by atoms with E-state index < -0.39 is 0 Å². The Hall–Kier alpha value is -0.880. The summed E-state index contributed by atoms with van der Waals surface area (Å²) < 4.78 is 1.94. The Morgan fingerprint density at radius 1 is 1.59 bits per heavy atom. The molecule has 1 heterocycles. The molecule has 1 aromatic heterocycles. The van der Waals surface area contributed by atoms with Gasteiger partial charge in [0.25, 0.3) is 0 Å². The van der Waals surface area contributed by atoms with Crippen molar-refractivity contribution >= 4 is 11.8 Å². The Kier molecular flexibility index (Phi) is 4.56. The summed E-state index contributed by atoms with van der Waals surface area (Å²) in [5.41, 5.74) is 1.19. The number of rotatable bonds is 8. The van der Waals surface area contributed by atoms with Crippen LogP contribution >= 0.6 is 11.8 Å². The van der Waals surface area contributed by atoms with E-state index in [9.17, 15) is 0 Å². The zero-order chi connectivity index (χ0) is 12.1. The normalized spacial score (nSPS) is 15.1. The monoisotopic (exact) mass is 253 g/mol. The van der Waals surface area contributed by atoms with Gasteiger partial charge in [0.05, 0.1) is 6.04 Å². The molecule has 1 aliphatic rings. The second-order valence-corrected chi connectivity index (χ2v) is 5.30. The van der Waals surface area contributed by atoms with E-state index >= 15 is 0 Å². The van der Waals surface area contributed by atoms with Crippen LogP contribution in [0, 0.1) is 0 Å². The Morgan fingerprint density at radius 2 is 2.41 bits per heavy atom. The molecular weight excluding hydrogens is 234 g/mol. The minimum absolute atomic E-state index is 0.541. The summed E-state index contributed by atoms with van der Waals surface area (Å²) in [6, 6.07) is 0.541. The molecule has 1 aliphatic carbocycles. The van der Waals surface area contributed by atoms with Gasteiger partial charge in [-0.2, -0.15) is 0 Å². The van der Waals surface area contributed by atoms with E-state index in [-0.39, 0.29) is 0 Å². The summed E-state index contributed by atoms with van der Waals surface area (Å²) in [6.45, 7) is 8.14. The molecule has 0 radical (unpaired) electrons. The SMILES string of the molecule is C=C(CNCCC)CSc1nnnn1C1CC1. The molecule has 0 amide bonds. The van der Waals surface area contributed by atoms with Crippen LogP contribution in [-0.2, 0) is 0 Å². The number of hydrogen-bond acceptors (Lipinski definition) is 5. The van der Waals surface area contributed by atoms with Crippen LogP contribution in [0.3, 0.4) is 0 Å². The summed E-state index contributed by atoms with van der Waals surface area (Å²) in [7, 11) is 0. The summed E-state index contributed by atoms with van der Waals surface area (Å²) in [6.07, 6.45) is 3.57. The smallest absolute Gasteiger partial charge is 0.209 e. The maximum Gasteiger partial charge on any atom is 0.209 e. The van der Waals surface area contributed by atoms with E-state index in [1.165, 1.54) is 18.4 Å². The first kappa shape index (κ1) is 12.6. The lowest BCUT2D eigenvalue weighted by molar-refractivity contribution is 0.565. The van der Waals surface area contributed by atoms with E-state index in [1.54, 1.807) is 11.8 Å². The van der Waals surface area contributed by atoms with Crippen molar-refractivity contribution in [2.75, 3.05) is 18.8 Å². The molecule has 1 fully saturated rings. The summed E-state index contributed by atoms with van der Waals surface area (Å²) >= 11 is 1.68. The molecule has 0 saturated heterocycles. The van der Waals surface area contributed by atoms with Gasteiger partial charge < -0.3 is 5.32 Å². The highest BCUT2D eigenvalue weighted by atomic mass is 32.2. The molecule has 0 aromatic carbocycles. The van der Waals surface area contributed by atoms with Crippen molar-refractivity contribution in [1.29, 1.82) is 0 Å². The van der Waals surface area contributed by atoms with Crippen molar-refractivity contribution in [1.82, 2.24) is 25.5 Å². The van der Waals surface area contributed by atoms with Gasteiger partial charge in [-0.25, -0.2) is 4.68 Å². The molecule has 1 aromatic rings. The van der Waals surface area contributed by atoms with Gasteiger partial charge in [0.15, 0.2) is 0 Å². The standard InChI is InChI=1S/C11H19N5S/c1-3-6-12-7-9(2)8-17-11-13-14-15-16(11)10-4-5-10/h10,12H,2-8H2,1H3. The third kappa shape index (κ3) is 3.81. The van der Waals surface area contributed by atoms with E-state index in [0.29, 0.717) is 6.04 Å². The fraction of sp³-hybridized carbons (Fsp3) is 0.727. The average Bonchev–Trinajstić information content (AvgIpc) is 3.06. The number of hydrogen-bond donors (Lipinski definition) is 1. The molecule has 6 heteroatoms. The molecule has 0 atom stereocenters. The van der Waals surface area contributed by atoms with Gasteiger partial charge in [0.1, 0.15) is 0 Å². The van der Waals surface area contributed by atoms with Gasteiger partial charge in [-0.1, -0.05) is 30.8 Å². The maximum absolute atomic E-state index is 4.05. The molecule has 2 rings (SSSR count). The molecule has 0 aliphatic heterocycles. The lowest BCUT2D eigenvalue weighted by atomic mass is 10.3. The highest BCUT2D eigenvalue weighted by molar-refractivity contribution is 7.99. The highest BCUT2D eigenvalue weighted by Gasteiger charge is 2.27. The van der Waals surface area contributed by atoms with Crippen LogP contribution in [0.15, 0.2) is 17.3 Å². The van der Waals surface area contributed by atoms with E-state index in [1.807, 2.05) is 4.68 Å². The molecule has 0 unspecified atom stereocenters. The number of nitrogens with one attached hydrogen (secondary N) is 1. The first-order chi connectivity index (χ1) is 8.31. The van der Waals surface area contributed by atoms with Crippen molar-refractivity contribution in [3.63, 3.8) is 0 Å². The topological polar surface area (TPSA) is 55.6 Å². The van der Waals surface area contributed by atoms with Crippen molar-refractivity contribution in [3.8, 4) is 0 Å². The Balaban J connectivity index is 1.73. The maximum atomic E-state index is 4.05. The number of aromatic nitrogens is 4. The predicted octanol–water partition coefficient (Wildman–Crippen LogP) is 1.66. The minimum atomic E-state index is 0.541. The zero-order valence-corrected chi connectivity index (χ0v) is 11.0. The first-order valence-corrected chi connectivity index (χ1v) is 7.08. The number of tetrazole rings is 1. The van der Waals surface area contributed by atoms with Crippen molar-refractivity contribution in [3.05, 3.63) is 12.2 Å². The lowest BCUT2D eigenvalue weighted by Gasteiger charge is -2.06. The molecule has 5 nitrogen and oxygen atoms in total. The minimum Gasteiger partial charge on any atom is -0.313 e. The Morgan fingerprint density at radius 3 is 3.12 bits per heavy atom. The van der Waals surface area contributed by atoms with E-state index in [4.69, 9.17) is 0 Å². The zero-order valence-electron chi connectivity index (χ0n) is 10.2. The molecule has 1 saturated carbocycles. The van der Waals surface area contributed by atoms with Gasteiger partial charge in [0.2, 0.25) is 5.16 Å². The fourth-order valence-electron chi connectivity index (χ4n) is 1.49. The predicted molar refractivity (Wildman–Crippen MR) is 69.1 cm³/mol. The summed E-state index contributed by atoms with van der Waals surface area (Å²) in [5.74, 6) is 0.879. The molecular formula is C11H19N5S. The quantitative estimate of drug-likeness (QED) is 0.434. The van der Waals surface area contributed by atoms with Crippen LogP contribution < -0.4 is 5.32 Å². The van der Waals surface area contributed by atoms with Gasteiger partial charge in [-0.3, -0.25) is 0 Å². The molecule has 0 spiro atoms. The number of thioether (sulfide) groups is 1. The first-order valence-electron chi connectivity index (χ1n) is 6.09. The van der Waals surface area contributed by atoms with Crippen LogP contribution in [0.4, 0.5) is 0 Å². The van der Waals surface area contributed by atoms with Crippen molar-refractivity contribution in [2.24, 2.45) is 0 Å². The number of nitrogens with zero attached hydrogens (tertiary/aromatic N) is 4. The second kappa shape index (κ2) is 6.16. The average molecular weight is 253 g/mol. The fourth-order valence-corrected chi connectivity index (χ4v) is 2.34. The van der Waals surface area contributed by atoms with Crippen LogP contribution in [0.25, 0.3) is 0 Å². The van der Waals surface area contributed by atoms with Gasteiger partial charge in [-0.05, 0) is 36.2 Å². The molecule has 1 N–H and O–H groups in total. The van der Waals surface area contributed by atoms with Crippen LogP contribution in [0.2, 0.25) is 0 Å². The Bertz CT molecular complexity index is 372. The summed E-state index contributed by atoms with van der Waals surface area (Å²) in [5, 5.41) is 16.1. The van der Waals surface area contributed by atoms with E-state index in [2.05, 4.69) is 34.3 Å². The van der Waals surface area contributed by atoms with Crippen molar-refractivity contribution in [2.45, 2.75) is 37.4 Å². The van der Waals surface area contributed by atoms with Crippen LogP contribution in [-0.4, -0.2) is 39.0 Å². The van der Waals surface area contributed by atoms with Crippen molar-refractivity contribution < 1.29 is 0 Å². The van der Waals surface area contributed by atoms with Gasteiger partial charge >= 0.3 is 0 Å². The third-order valence-electron chi connectivity index (χ3n) is 2.56. The molecule has 94 valence electrons. The largest absolute Gasteiger partial charge is 0.313 e. The second-order valence-electron chi connectivity index (χ2n) is 4.35. The summed E-state index contributed by atoms with van der Waals surface area (Å²) in [4.78, 5) is 0. The van der Waals surface area contributed by atoms with Gasteiger partial charge in [0, 0.05) is 12.3 Å². The Labute approximate surface area is 106 Å². The van der Waals surface area contributed by atoms with Crippen LogP contribution in [0.1, 0.15) is 32.2 Å². The molecule has 17 heavy (non-hydrogen) atoms. The lowest BCUT2D eigenvalue weighted by Crippen LogP contribution is -2.18. The molecule has 0 bridgehead atoms. The van der Waals surface area contributed by atoms with Gasteiger partial charge in [-0.15, -0.1) is 5.10 Å². The highest BCUT2D eigenvalue weighted by Crippen LogP contribution is 2.36.